The van der Waals surface area contributed by atoms with Crippen molar-refractivity contribution in [1.29, 1.82) is 0 Å². The van der Waals surface area contributed by atoms with Crippen molar-refractivity contribution in [1.82, 2.24) is 0 Å². The van der Waals surface area contributed by atoms with Gasteiger partial charge in [-0.25, -0.2) is 13.2 Å². The predicted octanol–water partition coefficient (Wildman–Crippen LogP) is 5.04. The summed E-state index contributed by atoms with van der Waals surface area (Å²) < 4.78 is 30.8. The fourth-order valence-electron chi connectivity index (χ4n) is 2.95. The summed E-state index contributed by atoms with van der Waals surface area (Å²) in [4.78, 5) is 13.4. The Balaban J connectivity index is 1.91. The standard InChI is InChI=1S/C20H23NO4S2/c1-13-18(26-15-8-6-5-7-9-15)16-12-14(10-11-17(16)27(13,23)24)21-19(22)25-20(2,3)4/h5-13,18H,1-4H3,(H,21,22). The van der Waals surface area contributed by atoms with Gasteiger partial charge >= 0.3 is 6.09 Å². The summed E-state index contributed by atoms with van der Waals surface area (Å²) in [7, 11) is -3.39. The smallest absolute Gasteiger partial charge is 0.412 e. The monoisotopic (exact) mass is 405 g/mol. The van der Waals surface area contributed by atoms with Crippen molar-refractivity contribution in [2.24, 2.45) is 0 Å². The maximum Gasteiger partial charge on any atom is 0.412 e. The molecule has 0 bridgehead atoms. The van der Waals surface area contributed by atoms with E-state index in [9.17, 15) is 13.2 Å². The summed E-state index contributed by atoms with van der Waals surface area (Å²) in [6.45, 7) is 7.10. The molecule has 1 N–H and O–H groups in total. The molecule has 0 radical (unpaired) electrons. The molecule has 2 aromatic carbocycles. The van der Waals surface area contributed by atoms with Gasteiger partial charge in [0.2, 0.25) is 0 Å². The number of fused-ring (bicyclic) bond motifs is 1. The highest BCUT2D eigenvalue weighted by molar-refractivity contribution is 8.01. The summed E-state index contributed by atoms with van der Waals surface area (Å²) in [6, 6.07) is 14.6. The molecule has 0 aliphatic carbocycles. The molecular formula is C20H23NO4S2. The second kappa shape index (κ2) is 7.20. The fourth-order valence-corrected chi connectivity index (χ4v) is 6.40. The Kier molecular flexibility index (Phi) is 5.27. The first-order valence-electron chi connectivity index (χ1n) is 8.67. The lowest BCUT2D eigenvalue weighted by atomic mass is 10.1. The molecule has 144 valence electrons. The second-order valence-electron chi connectivity index (χ2n) is 7.48. The van der Waals surface area contributed by atoms with Crippen LogP contribution in [0.4, 0.5) is 10.5 Å². The summed E-state index contributed by atoms with van der Waals surface area (Å²) in [5, 5.41) is 1.90. The molecule has 2 unspecified atom stereocenters. The van der Waals surface area contributed by atoms with E-state index in [1.165, 1.54) is 11.8 Å². The normalized spacial score (nSPS) is 20.7. The largest absolute Gasteiger partial charge is 0.444 e. The lowest BCUT2D eigenvalue weighted by molar-refractivity contribution is 0.0636. The van der Waals surface area contributed by atoms with Gasteiger partial charge in [-0.05, 0) is 63.6 Å². The molecule has 27 heavy (non-hydrogen) atoms. The average Bonchev–Trinajstić information content (AvgIpc) is 2.75. The van der Waals surface area contributed by atoms with Gasteiger partial charge in [0.15, 0.2) is 9.84 Å². The van der Waals surface area contributed by atoms with E-state index in [2.05, 4.69) is 5.32 Å². The topological polar surface area (TPSA) is 72.5 Å². The third-order valence-corrected chi connectivity index (χ3v) is 8.06. The van der Waals surface area contributed by atoms with E-state index in [-0.39, 0.29) is 5.25 Å². The Morgan fingerprint density at radius 1 is 1.11 bits per heavy atom. The Labute approximate surface area is 164 Å². The van der Waals surface area contributed by atoms with Crippen LogP contribution in [0.1, 0.15) is 38.5 Å². The Morgan fingerprint density at radius 3 is 2.41 bits per heavy atom. The van der Waals surface area contributed by atoms with Gasteiger partial charge in [-0.3, -0.25) is 5.32 Å². The van der Waals surface area contributed by atoms with Gasteiger partial charge in [0.25, 0.3) is 0 Å². The quantitative estimate of drug-likeness (QED) is 0.774. The Bertz CT molecular complexity index is 950. The average molecular weight is 406 g/mol. The first-order chi connectivity index (χ1) is 12.6. The highest BCUT2D eigenvalue weighted by Crippen LogP contribution is 2.49. The number of rotatable bonds is 3. The van der Waals surface area contributed by atoms with E-state index in [1.54, 1.807) is 45.9 Å². The third-order valence-electron chi connectivity index (χ3n) is 4.19. The first kappa shape index (κ1) is 19.8. The molecule has 0 fully saturated rings. The van der Waals surface area contributed by atoms with Crippen molar-refractivity contribution in [3.63, 3.8) is 0 Å². The number of hydrogen-bond donors (Lipinski definition) is 1. The molecule has 0 saturated carbocycles. The molecule has 0 aromatic heterocycles. The minimum atomic E-state index is -3.39. The van der Waals surface area contributed by atoms with Crippen LogP contribution in [0.5, 0.6) is 0 Å². The third kappa shape index (κ3) is 4.30. The summed E-state index contributed by atoms with van der Waals surface area (Å²) >= 11 is 1.52. The van der Waals surface area contributed by atoms with Gasteiger partial charge in [0, 0.05) is 10.6 Å². The highest BCUT2D eigenvalue weighted by Gasteiger charge is 2.42. The molecule has 0 saturated heterocycles. The van der Waals surface area contributed by atoms with Crippen LogP contribution in [0.25, 0.3) is 0 Å². The van der Waals surface area contributed by atoms with E-state index in [0.29, 0.717) is 16.1 Å². The second-order valence-corrected chi connectivity index (χ2v) is 11.0. The number of anilines is 1. The van der Waals surface area contributed by atoms with Crippen LogP contribution in [-0.2, 0) is 14.6 Å². The van der Waals surface area contributed by atoms with Crippen LogP contribution in [0, 0.1) is 0 Å². The zero-order valence-electron chi connectivity index (χ0n) is 15.7. The van der Waals surface area contributed by atoms with Crippen LogP contribution in [0.15, 0.2) is 58.3 Å². The summed E-state index contributed by atoms with van der Waals surface area (Å²) in [5.74, 6) is 0. The maximum absolute atomic E-state index is 12.8. The molecule has 7 heteroatoms. The molecule has 5 nitrogen and oxygen atoms in total. The van der Waals surface area contributed by atoms with E-state index < -0.39 is 26.8 Å². The van der Waals surface area contributed by atoms with Crippen LogP contribution >= 0.6 is 11.8 Å². The lowest BCUT2D eigenvalue weighted by Gasteiger charge is -2.20. The molecule has 1 aliphatic heterocycles. The van der Waals surface area contributed by atoms with E-state index in [1.807, 2.05) is 30.3 Å². The van der Waals surface area contributed by atoms with Crippen molar-refractivity contribution in [3.05, 3.63) is 54.1 Å². The van der Waals surface area contributed by atoms with Crippen LogP contribution in [0.2, 0.25) is 0 Å². The van der Waals surface area contributed by atoms with Gasteiger partial charge in [0.1, 0.15) is 5.60 Å². The van der Waals surface area contributed by atoms with Gasteiger partial charge in [-0.15, -0.1) is 11.8 Å². The number of thioether (sulfide) groups is 1. The van der Waals surface area contributed by atoms with Gasteiger partial charge in [-0.2, -0.15) is 0 Å². The van der Waals surface area contributed by atoms with Gasteiger partial charge in [0.05, 0.1) is 15.4 Å². The molecule has 3 rings (SSSR count). The Morgan fingerprint density at radius 2 is 1.78 bits per heavy atom. The van der Waals surface area contributed by atoms with Crippen LogP contribution < -0.4 is 5.32 Å². The zero-order valence-corrected chi connectivity index (χ0v) is 17.4. The van der Waals surface area contributed by atoms with Crippen molar-refractivity contribution >= 4 is 33.4 Å². The number of carbonyl (C=O) groups excluding carboxylic acids is 1. The van der Waals surface area contributed by atoms with Crippen molar-refractivity contribution in [2.45, 2.75) is 53.6 Å². The van der Waals surface area contributed by atoms with Crippen LogP contribution in [0.3, 0.4) is 0 Å². The van der Waals surface area contributed by atoms with Gasteiger partial charge in [-0.1, -0.05) is 18.2 Å². The number of benzene rings is 2. The highest BCUT2D eigenvalue weighted by atomic mass is 32.2. The predicted molar refractivity (Wildman–Crippen MR) is 108 cm³/mol. The fraction of sp³-hybridized carbons (Fsp3) is 0.350. The van der Waals surface area contributed by atoms with E-state index in [4.69, 9.17) is 4.74 Å². The van der Waals surface area contributed by atoms with Crippen LogP contribution in [-0.4, -0.2) is 25.4 Å². The molecule has 0 spiro atoms. The maximum atomic E-state index is 12.8. The number of hydrogen-bond acceptors (Lipinski definition) is 5. The van der Waals surface area contributed by atoms with Gasteiger partial charge < -0.3 is 4.74 Å². The number of sulfone groups is 1. The molecular weight excluding hydrogens is 382 g/mol. The van der Waals surface area contributed by atoms with E-state index >= 15 is 0 Å². The van der Waals surface area contributed by atoms with Crippen molar-refractivity contribution < 1.29 is 17.9 Å². The summed E-state index contributed by atoms with van der Waals surface area (Å²) in [6.07, 6.45) is -0.566. The molecule has 2 atom stereocenters. The number of amides is 1. The van der Waals surface area contributed by atoms with Crippen molar-refractivity contribution in [2.75, 3.05) is 5.32 Å². The zero-order chi connectivity index (χ0) is 19.8. The molecule has 1 heterocycles. The summed E-state index contributed by atoms with van der Waals surface area (Å²) in [5.41, 5.74) is 0.626. The lowest BCUT2D eigenvalue weighted by Crippen LogP contribution is -2.27. The van der Waals surface area contributed by atoms with E-state index in [0.717, 1.165) is 4.90 Å². The number of nitrogens with one attached hydrogen (secondary N) is 1. The SMILES string of the molecule is CC1C(Sc2ccccc2)c2cc(NC(=O)OC(C)(C)C)ccc2S1(=O)=O. The Hall–Kier alpha value is -1.99. The molecule has 1 amide bonds. The number of carbonyl (C=O) groups is 1. The van der Waals surface area contributed by atoms with Crippen molar-refractivity contribution in [3.8, 4) is 0 Å². The minimum Gasteiger partial charge on any atom is -0.444 e. The minimum absolute atomic E-state index is 0.243. The number of ether oxygens (including phenoxy) is 1. The molecule has 2 aromatic rings. The first-order valence-corrected chi connectivity index (χ1v) is 11.1. The molecule has 1 aliphatic rings.